The number of ether oxygens (including phenoxy) is 1. The Bertz CT molecular complexity index is 392. The van der Waals surface area contributed by atoms with Crippen molar-refractivity contribution in [2.24, 2.45) is 4.99 Å². The quantitative estimate of drug-likeness (QED) is 0.233. The number of hydrogen-bond acceptors (Lipinski definition) is 3. The molecule has 1 heterocycles. The molecule has 152 valence electrons. The predicted octanol–water partition coefficient (Wildman–Crippen LogP) is 6.59. The van der Waals surface area contributed by atoms with Crippen molar-refractivity contribution < 1.29 is 9.84 Å². The van der Waals surface area contributed by atoms with Gasteiger partial charge in [0.05, 0.1) is 6.61 Å². The molecule has 0 aliphatic carbocycles. The lowest BCUT2D eigenvalue weighted by Gasteiger charge is -2.12. The Morgan fingerprint density at radius 2 is 1.42 bits per heavy atom. The van der Waals surface area contributed by atoms with Crippen molar-refractivity contribution in [1.29, 1.82) is 0 Å². The summed E-state index contributed by atoms with van der Waals surface area (Å²) in [4.78, 5) is 4.48. The molecule has 3 nitrogen and oxygen atoms in total. The molecule has 0 saturated heterocycles. The van der Waals surface area contributed by atoms with Crippen molar-refractivity contribution in [2.75, 3.05) is 13.2 Å². The standard InChI is InChI=1S/C23H43NO2/c1-3-4-5-6-7-8-9-10-11-12-13-14-15-16-17-18-19-22-24-23(2,20-25)21-26-22/h10-11,25H,3-9,12-21H2,1-2H3/b11-10-. The highest BCUT2D eigenvalue weighted by Crippen LogP contribution is 2.20. The fourth-order valence-electron chi connectivity index (χ4n) is 3.34. The normalized spacial score (nSPS) is 19.9. The fraction of sp³-hybridized carbons (Fsp3) is 0.870. The summed E-state index contributed by atoms with van der Waals surface area (Å²) < 4.78 is 5.57. The van der Waals surface area contributed by atoms with E-state index >= 15 is 0 Å². The number of nitrogens with zero attached hydrogens (tertiary/aromatic N) is 1. The zero-order valence-electron chi connectivity index (χ0n) is 17.5. The molecule has 0 amide bonds. The first-order valence-corrected chi connectivity index (χ1v) is 11.2. The van der Waals surface area contributed by atoms with E-state index in [9.17, 15) is 5.11 Å². The molecule has 0 radical (unpaired) electrons. The number of aliphatic imine (C=N–C) groups is 1. The highest BCUT2D eigenvalue weighted by Gasteiger charge is 2.30. The van der Waals surface area contributed by atoms with Gasteiger partial charge in [0.15, 0.2) is 5.90 Å². The summed E-state index contributed by atoms with van der Waals surface area (Å²) in [6.07, 6.45) is 24.3. The summed E-state index contributed by atoms with van der Waals surface area (Å²) >= 11 is 0. The second-order valence-corrected chi connectivity index (χ2v) is 8.14. The summed E-state index contributed by atoms with van der Waals surface area (Å²) in [6, 6.07) is 0. The Kier molecular flexibility index (Phi) is 13.6. The van der Waals surface area contributed by atoms with Crippen LogP contribution in [0.1, 0.15) is 110 Å². The smallest absolute Gasteiger partial charge is 0.184 e. The van der Waals surface area contributed by atoms with E-state index in [1.807, 2.05) is 6.92 Å². The maximum absolute atomic E-state index is 9.26. The minimum absolute atomic E-state index is 0.0733. The number of allylic oxidation sites excluding steroid dienone is 2. The molecule has 0 aromatic carbocycles. The highest BCUT2D eigenvalue weighted by molar-refractivity contribution is 5.78. The van der Waals surface area contributed by atoms with Crippen LogP contribution in [-0.4, -0.2) is 29.8 Å². The molecule has 1 aliphatic rings. The average molecular weight is 366 g/mol. The maximum atomic E-state index is 9.26. The van der Waals surface area contributed by atoms with Gasteiger partial charge in [0.2, 0.25) is 0 Å². The monoisotopic (exact) mass is 365 g/mol. The SMILES string of the molecule is CCCCCCCC/C=C\CCCCCCCCC1=NC(C)(CO)CO1. The van der Waals surface area contributed by atoms with E-state index in [4.69, 9.17) is 4.74 Å². The predicted molar refractivity (Wildman–Crippen MR) is 113 cm³/mol. The molecule has 1 aliphatic heterocycles. The first-order chi connectivity index (χ1) is 12.7. The van der Waals surface area contributed by atoms with Crippen molar-refractivity contribution in [3.8, 4) is 0 Å². The van der Waals surface area contributed by atoms with Crippen molar-refractivity contribution in [3.05, 3.63) is 12.2 Å². The van der Waals surface area contributed by atoms with Crippen LogP contribution in [0.5, 0.6) is 0 Å². The van der Waals surface area contributed by atoms with Crippen LogP contribution in [0.15, 0.2) is 17.1 Å². The van der Waals surface area contributed by atoms with Crippen LogP contribution >= 0.6 is 0 Å². The molecule has 26 heavy (non-hydrogen) atoms. The molecular formula is C23H43NO2. The Morgan fingerprint density at radius 3 is 1.96 bits per heavy atom. The van der Waals surface area contributed by atoms with E-state index in [2.05, 4.69) is 24.1 Å². The molecule has 1 N–H and O–H groups in total. The third-order valence-corrected chi connectivity index (χ3v) is 5.19. The van der Waals surface area contributed by atoms with Crippen LogP contribution < -0.4 is 0 Å². The molecule has 3 heteroatoms. The van der Waals surface area contributed by atoms with Gasteiger partial charge in [0.1, 0.15) is 12.1 Å². The van der Waals surface area contributed by atoms with E-state index in [-0.39, 0.29) is 6.61 Å². The molecule has 1 unspecified atom stereocenters. The Morgan fingerprint density at radius 1 is 0.885 bits per heavy atom. The minimum Gasteiger partial charge on any atom is -0.478 e. The average Bonchev–Trinajstić information content (AvgIpc) is 3.03. The molecule has 0 spiro atoms. The van der Waals surface area contributed by atoms with Gasteiger partial charge >= 0.3 is 0 Å². The van der Waals surface area contributed by atoms with E-state index in [0.29, 0.717) is 6.61 Å². The van der Waals surface area contributed by atoms with Crippen molar-refractivity contribution in [3.63, 3.8) is 0 Å². The van der Waals surface area contributed by atoms with Crippen LogP contribution in [-0.2, 0) is 4.74 Å². The van der Waals surface area contributed by atoms with Crippen molar-refractivity contribution >= 4 is 5.90 Å². The zero-order chi connectivity index (χ0) is 18.9. The van der Waals surface area contributed by atoms with Crippen LogP contribution in [0.25, 0.3) is 0 Å². The van der Waals surface area contributed by atoms with E-state index in [1.54, 1.807) is 0 Å². The van der Waals surface area contributed by atoms with Crippen LogP contribution in [0.2, 0.25) is 0 Å². The number of aliphatic hydroxyl groups is 1. The highest BCUT2D eigenvalue weighted by atomic mass is 16.5. The fourth-order valence-corrected chi connectivity index (χ4v) is 3.34. The third-order valence-electron chi connectivity index (χ3n) is 5.19. The van der Waals surface area contributed by atoms with E-state index in [0.717, 1.165) is 18.7 Å². The second kappa shape index (κ2) is 15.2. The molecule has 1 atom stereocenters. The van der Waals surface area contributed by atoms with Crippen LogP contribution in [0.3, 0.4) is 0 Å². The van der Waals surface area contributed by atoms with Gasteiger partial charge in [-0.3, -0.25) is 0 Å². The lowest BCUT2D eigenvalue weighted by molar-refractivity contribution is 0.169. The molecule has 0 bridgehead atoms. The number of unbranched alkanes of at least 4 members (excludes halogenated alkanes) is 12. The molecule has 0 aromatic heterocycles. The third kappa shape index (κ3) is 11.7. The first-order valence-electron chi connectivity index (χ1n) is 11.2. The zero-order valence-corrected chi connectivity index (χ0v) is 17.5. The van der Waals surface area contributed by atoms with Gasteiger partial charge in [-0.1, -0.05) is 76.9 Å². The molecule has 0 fully saturated rings. The molecule has 0 saturated carbocycles. The van der Waals surface area contributed by atoms with Gasteiger partial charge < -0.3 is 9.84 Å². The van der Waals surface area contributed by atoms with Crippen LogP contribution in [0.4, 0.5) is 0 Å². The lowest BCUT2D eigenvalue weighted by atomic mass is 10.1. The van der Waals surface area contributed by atoms with Gasteiger partial charge in [-0.15, -0.1) is 0 Å². The summed E-state index contributed by atoms with van der Waals surface area (Å²) in [6.45, 7) is 4.83. The van der Waals surface area contributed by atoms with Gasteiger partial charge in [-0.2, -0.15) is 0 Å². The van der Waals surface area contributed by atoms with Gasteiger partial charge in [0, 0.05) is 6.42 Å². The largest absolute Gasteiger partial charge is 0.478 e. The molecular weight excluding hydrogens is 322 g/mol. The van der Waals surface area contributed by atoms with E-state index in [1.165, 1.54) is 83.5 Å². The summed E-state index contributed by atoms with van der Waals surface area (Å²) in [5.74, 6) is 0.844. The van der Waals surface area contributed by atoms with Gasteiger partial charge in [0.25, 0.3) is 0 Å². The maximum Gasteiger partial charge on any atom is 0.184 e. The Labute approximate surface area is 162 Å². The van der Waals surface area contributed by atoms with Crippen molar-refractivity contribution in [1.82, 2.24) is 0 Å². The van der Waals surface area contributed by atoms with E-state index < -0.39 is 5.54 Å². The summed E-state index contributed by atoms with van der Waals surface area (Å²) in [5.41, 5.74) is -0.391. The van der Waals surface area contributed by atoms with Crippen LogP contribution in [0, 0.1) is 0 Å². The summed E-state index contributed by atoms with van der Waals surface area (Å²) in [7, 11) is 0. The molecule has 0 aromatic rings. The van der Waals surface area contributed by atoms with Crippen molar-refractivity contribution in [2.45, 2.75) is 116 Å². The molecule has 1 rings (SSSR count). The van der Waals surface area contributed by atoms with Gasteiger partial charge in [-0.25, -0.2) is 4.99 Å². The lowest BCUT2D eigenvalue weighted by Crippen LogP contribution is -2.28. The second-order valence-electron chi connectivity index (χ2n) is 8.14. The number of hydrogen-bond donors (Lipinski definition) is 1. The topological polar surface area (TPSA) is 41.8 Å². The first kappa shape index (κ1) is 23.2. The number of aliphatic hydroxyl groups excluding tert-OH is 1. The minimum atomic E-state index is -0.391. The Hall–Kier alpha value is -0.830. The number of rotatable bonds is 17. The Balaban J connectivity index is 1.81. The van der Waals surface area contributed by atoms with Gasteiger partial charge in [-0.05, 0) is 39.0 Å². The summed E-state index contributed by atoms with van der Waals surface area (Å²) in [5, 5.41) is 9.26.